The van der Waals surface area contributed by atoms with Gasteiger partial charge in [0.15, 0.2) is 0 Å². The zero-order valence-electron chi connectivity index (χ0n) is 21.2. The highest BCUT2D eigenvalue weighted by molar-refractivity contribution is 6.32. The smallest absolute Gasteiger partial charge is 0.257 e. The largest absolute Gasteiger partial charge is 0.495 e. The fraction of sp³-hybridized carbons (Fsp3) is 0.414. The molecule has 37 heavy (non-hydrogen) atoms. The van der Waals surface area contributed by atoms with E-state index in [2.05, 4.69) is 21.3 Å². The van der Waals surface area contributed by atoms with Crippen molar-refractivity contribution >= 4 is 34.1 Å². The summed E-state index contributed by atoms with van der Waals surface area (Å²) >= 11 is 6.33. The number of carbonyl (C=O) groups excluding carboxylic acids is 1. The van der Waals surface area contributed by atoms with Gasteiger partial charge in [-0.1, -0.05) is 36.9 Å². The molecule has 0 atom stereocenters. The van der Waals surface area contributed by atoms with Crippen molar-refractivity contribution in [3.63, 3.8) is 0 Å². The van der Waals surface area contributed by atoms with E-state index in [1.807, 2.05) is 29.2 Å². The highest BCUT2D eigenvalue weighted by Gasteiger charge is 2.29. The number of nitrogens with zero attached hydrogens (tertiary/aromatic N) is 4. The quantitative estimate of drug-likeness (QED) is 0.467. The lowest BCUT2D eigenvalue weighted by molar-refractivity contribution is 0.0524. The Kier molecular flexibility index (Phi) is 7.78. The SMILES string of the molecule is COc1ccc(CNc2c(C(=O)N3CCN(C4CCCCC4)CC3)cnc3ccc(C#N)cc23)cc1Cl. The fourth-order valence-corrected chi connectivity index (χ4v) is 5.81. The third kappa shape index (κ3) is 5.51. The van der Waals surface area contributed by atoms with Crippen LogP contribution in [-0.2, 0) is 6.54 Å². The average Bonchev–Trinajstić information content (AvgIpc) is 2.95. The molecule has 1 aliphatic heterocycles. The van der Waals surface area contributed by atoms with Crippen LogP contribution >= 0.6 is 11.6 Å². The number of anilines is 1. The molecule has 5 rings (SSSR count). The number of halogens is 1. The highest BCUT2D eigenvalue weighted by Crippen LogP contribution is 2.31. The van der Waals surface area contributed by atoms with E-state index in [1.165, 1.54) is 32.1 Å². The molecule has 1 amide bonds. The van der Waals surface area contributed by atoms with Crippen LogP contribution in [0.2, 0.25) is 5.02 Å². The predicted molar refractivity (Wildman–Crippen MR) is 146 cm³/mol. The van der Waals surface area contributed by atoms with Crippen LogP contribution in [0.4, 0.5) is 5.69 Å². The molecule has 3 aromatic rings. The number of aromatic nitrogens is 1. The molecule has 1 saturated carbocycles. The zero-order valence-corrected chi connectivity index (χ0v) is 21.9. The van der Waals surface area contributed by atoms with E-state index in [0.29, 0.717) is 53.3 Å². The minimum atomic E-state index is -0.0321. The Morgan fingerprint density at radius 1 is 1.14 bits per heavy atom. The lowest BCUT2D eigenvalue weighted by Crippen LogP contribution is -2.52. The van der Waals surface area contributed by atoms with Crippen LogP contribution < -0.4 is 10.1 Å². The molecule has 0 bridgehead atoms. The number of rotatable bonds is 6. The number of hydrogen-bond donors (Lipinski definition) is 1. The molecule has 1 aliphatic carbocycles. The molecule has 0 unspecified atom stereocenters. The van der Waals surface area contributed by atoms with Crippen LogP contribution in [0.1, 0.15) is 53.6 Å². The van der Waals surface area contributed by atoms with Gasteiger partial charge in [-0.25, -0.2) is 0 Å². The minimum Gasteiger partial charge on any atom is -0.495 e. The molecular formula is C29H32ClN5O2. The Hall–Kier alpha value is -3.34. The van der Waals surface area contributed by atoms with Gasteiger partial charge in [-0.3, -0.25) is 14.7 Å². The molecule has 8 heteroatoms. The van der Waals surface area contributed by atoms with Gasteiger partial charge in [-0.2, -0.15) is 5.26 Å². The van der Waals surface area contributed by atoms with Crippen LogP contribution in [-0.4, -0.2) is 60.0 Å². The van der Waals surface area contributed by atoms with Gasteiger partial charge in [-0.05, 0) is 48.7 Å². The lowest BCUT2D eigenvalue weighted by Gasteiger charge is -2.40. The maximum atomic E-state index is 13.8. The summed E-state index contributed by atoms with van der Waals surface area (Å²) in [6.07, 6.45) is 8.17. The summed E-state index contributed by atoms with van der Waals surface area (Å²) in [5.74, 6) is 0.581. The second kappa shape index (κ2) is 11.4. The van der Waals surface area contributed by atoms with Gasteiger partial charge in [0, 0.05) is 50.3 Å². The number of carbonyl (C=O) groups is 1. The second-order valence-electron chi connectivity index (χ2n) is 9.83. The molecule has 1 saturated heterocycles. The van der Waals surface area contributed by atoms with Crippen molar-refractivity contribution < 1.29 is 9.53 Å². The number of nitriles is 1. The first-order chi connectivity index (χ1) is 18.1. The molecule has 1 N–H and O–H groups in total. The van der Waals surface area contributed by atoms with Crippen LogP contribution in [0, 0.1) is 11.3 Å². The van der Waals surface area contributed by atoms with Crippen LogP contribution in [0.5, 0.6) is 5.75 Å². The Bertz CT molecular complexity index is 1320. The minimum absolute atomic E-state index is 0.0321. The Morgan fingerprint density at radius 3 is 2.62 bits per heavy atom. The summed E-state index contributed by atoms with van der Waals surface area (Å²) in [7, 11) is 1.59. The number of nitrogens with one attached hydrogen (secondary N) is 1. The number of amides is 1. The van der Waals surface area contributed by atoms with Crippen molar-refractivity contribution in [2.45, 2.75) is 44.7 Å². The van der Waals surface area contributed by atoms with Crippen molar-refractivity contribution in [2.24, 2.45) is 0 Å². The number of ether oxygens (including phenoxy) is 1. The number of benzene rings is 2. The van der Waals surface area contributed by atoms with Gasteiger partial charge in [0.1, 0.15) is 5.75 Å². The molecule has 0 spiro atoms. The number of piperazine rings is 1. The first-order valence-electron chi connectivity index (χ1n) is 13.0. The highest BCUT2D eigenvalue weighted by atomic mass is 35.5. The van der Waals surface area contributed by atoms with E-state index < -0.39 is 0 Å². The molecular weight excluding hydrogens is 486 g/mol. The second-order valence-corrected chi connectivity index (χ2v) is 10.2. The number of pyridine rings is 1. The molecule has 0 radical (unpaired) electrons. The van der Waals surface area contributed by atoms with E-state index in [9.17, 15) is 10.1 Å². The number of fused-ring (bicyclic) bond motifs is 1. The molecule has 7 nitrogen and oxygen atoms in total. The van der Waals surface area contributed by atoms with Crippen LogP contribution in [0.25, 0.3) is 10.9 Å². The van der Waals surface area contributed by atoms with Crippen molar-refractivity contribution in [3.8, 4) is 11.8 Å². The number of hydrogen-bond acceptors (Lipinski definition) is 6. The maximum Gasteiger partial charge on any atom is 0.257 e. The predicted octanol–water partition coefficient (Wildman–Crippen LogP) is 5.47. The summed E-state index contributed by atoms with van der Waals surface area (Å²) in [6, 6.07) is 13.8. The standard InChI is InChI=1S/C29H32ClN5O2/c1-37-27-10-8-21(16-25(27)30)18-33-28-23-15-20(17-31)7-9-26(23)32-19-24(28)29(36)35-13-11-34(12-14-35)22-5-3-2-4-6-22/h7-10,15-16,19,22H,2-6,11-14,18H2,1H3,(H,32,33). The third-order valence-electron chi connectivity index (χ3n) is 7.61. The van der Waals surface area contributed by atoms with Gasteiger partial charge in [-0.15, -0.1) is 0 Å². The third-order valence-corrected chi connectivity index (χ3v) is 7.90. The Morgan fingerprint density at radius 2 is 1.92 bits per heavy atom. The van der Waals surface area contributed by atoms with Gasteiger partial charge in [0.25, 0.3) is 5.91 Å². The molecule has 1 aromatic heterocycles. The Labute approximate surface area is 223 Å². The normalized spacial score (nSPS) is 16.9. The monoisotopic (exact) mass is 517 g/mol. The lowest BCUT2D eigenvalue weighted by atomic mass is 9.94. The van der Waals surface area contributed by atoms with Gasteiger partial charge in [0.05, 0.1) is 40.5 Å². The Balaban J connectivity index is 1.40. The molecule has 2 aromatic carbocycles. The van der Waals surface area contributed by atoms with Gasteiger partial charge < -0.3 is 15.0 Å². The molecule has 192 valence electrons. The van der Waals surface area contributed by atoms with Gasteiger partial charge >= 0.3 is 0 Å². The van der Waals surface area contributed by atoms with Crippen molar-refractivity contribution in [3.05, 3.63) is 64.3 Å². The van der Waals surface area contributed by atoms with E-state index in [0.717, 1.165) is 29.6 Å². The van der Waals surface area contributed by atoms with E-state index in [4.69, 9.17) is 16.3 Å². The summed E-state index contributed by atoms with van der Waals surface area (Å²) in [6.45, 7) is 3.68. The van der Waals surface area contributed by atoms with Crippen LogP contribution in [0.15, 0.2) is 42.6 Å². The van der Waals surface area contributed by atoms with Crippen LogP contribution in [0.3, 0.4) is 0 Å². The summed E-state index contributed by atoms with van der Waals surface area (Å²) in [5, 5.41) is 14.2. The topological polar surface area (TPSA) is 81.5 Å². The summed E-state index contributed by atoms with van der Waals surface area (Å²) < 4.78 is 5.26. The molecule has 2 fully saturated rings. The van der Waals surface area contributed by atoms with Gasteiger partial charge in [0.2, 0.25) is 0 Å². The van der Waals surface area contributed by atoms with E-state index >= 15 is 0 Å². The zero-order chi connectivity index (χ0) is 25.8. The summed E-state index contributed by atoms with van der Waals surface area (Å²) in [4.78, 5) is 22.8. The maximum absolute atomic E-state index is 13.8. The van der Waals surface area contributed by atoms with Crippen molar-refractivity contribution in [2.75, 3.05) is 38.6 Å². The molecule has 2 aliphatic rings. The average molecular weight is 518 g/mol. The first kappa shape index (κ1) is 25.3. The first-order valence-corrected chi connectivity index (χ1v) is 13.4. The fourth-order valence-electron chi connectivity index (χ4n) is 5.53. The van der Waals surface area contributed by atoms with E-state index in [1.54, 1.807) is 25.4 Å². The molecule has 2 heterocycles. The van der Waals surface area contributed by atoms with Crippen molar-refractivity contribution in [1.29, 1.82) is 5.26 Å². The number of methoxy groups -OCH3 is 1. The van der Waals surface area contributed by atoms with Crippen molar-refractivity contribution in [1.82, 2.24) is 14.8 Å². The summed E-state index contributed by atoms with van der Waals surface area (Å²) in [5.41, 5.74) is 3.41. The van der Waals surface area contributed by atoms with E-state index in [-0.39, 0.29) is 5.91 Å².